The Bertz CT molecular complexity index is 506. The molecule has 5 nitrogen and oxygen atoms in total. The summed E-state index contributed by atoms with van der Waals surface area (Å²) < 4.78 is 5.07. The monoisotopic (exact) mass is 275 g/mol. The van der Waals surface area contributed by atoms with Crippen molar-refractivity contribution in [3.63, 3.8) is 0 Å². The Balaban J connectivity index is 3.20. The van der Waals surface area contributed by atoms with Gasteiger partial charge >= 0.3 is 5.97 Å². The van der Waals surface area contributed by atoms with E-state index in [0.717, 1.165) is 5.69 Å². The van der Waals surface area contributed by atoms with E-state index in [4.69, 9.17) is 15.7 Å². The van der Waals surface area contributed by atoms with Crippen LogP contribution in [0.2, 0.25) is 0 Å². The minimum Gasteiger partial charge on any atom is -0.462 e. The molecule has 0 unspecified atom stereocenters. The largest absolute Gasteiger partial charge is 0.462 e. The van der Waals surface area contributed by atoms with Crippen LogP contribution in [0.15, 0.2) is 18.2 Å². The van der Waals surface area contributed by atoms with Gasteiger partial charge in [0.2, 0.25) is 0 Å². The van der Waals surface area contributed by atoms with Gasteiger partial charge in [0.15, 0.2) is 0 Å². The smallest absolute Gasteiger partial charge is 0.340 e. The lowest BCUT2D eigenvalue weighted by atomic mass is 10.1. The molecule has 108 valence electrons. The molecule has 1 aromatic rings. The average Bonchev–Trinajstić information content (AvgIpc) is 2.40. The van der Waals surface area contributed by atoms with Crippen LogP contribution in [0.1, 0.15) is 37.6 Å². The van der Waals surface area contributed by atoms with E-state index < -0.39 is 5.97 Å². The van der Waals surface area contributed by atoms with E-state index in [1.165, 1.54) is 0 Å². The van der Waals surface area contributed by atoms with Gasteiger partial charge in [-0.15, -0.1) is 0 Å². The zero-order chi connectivity index (χ0) is 15.1. The number of nitriles is 1. The van der Waals surface area contributed by atoms with Gasteiger partial charge in [-0.25, -0.2) is 4.79 Å². The maximum Gasteiger partial charge on any atom is 0.340 e. The van der Waals surface area contributed by atoms with Crippen molar-refractivity contribution < 1.29 is 9.53 Å². The maximum atomic E-state index is 12.0. The summed E-state index contributed by atoms with van der Waals surface area (Å²) in [7, 11) is 0. The van der Waals surface area contributed by atoms with Crippen molar-refractivity contribution in [1.82, 2.24) is 0 Å². The fourth-order valence-electron chi connectivity index (χ4n) is 2.00. The van der Waals surface area contributed by atoms with E-state index in [1.807, 2.05) is 18.7 Å². The summed E-state index contributed by atoms with van der Waals surface area (Å²) in [6.45, 7) is 6.67. The predicted octanol–water partition coefficient (Wildman–Crippen LogP) is 2.57. The molecule has 20 heavy (non-hydrogen) atoms. The molecule has 5 heteroatoms. The third kappa shape index (κ3) is 3.89. The number of carbonyl (C=O) groups is 1. The van der Waals surface area contributed by atoms with E-state index in [9.17, 15) is 4.79 Å². The van der Waals surface area contributed by atoms with Gasteiger partial charge in [-0.2, -0.15) is 5.26 Å². The number of nitrogens with two attached hydrogens (primary N) is 1. The van der Waals surface area contributed by atoms with Crippen molar-refractivity contribution in [2.75, 3.05) is 23.8 Å². The number of hydrogen-bond acceptors (Lipinski definition) is 5. The third-order valence-corrected chi connectivity index (χ3v) is 2.91. The van der Waals surface area contributed by atoms with Gasteiger partial charge in [-0.3, -0.25) is 0 Å². The topological polar surface area (TPSA) is 79.3 Å². The maximum absolute atomic E-state index is 12.0. The molecule has 0 saturated carbocycles. The number of nitrogen functional groups attached to an aromatic ring is 1. The summed E-state index contributed by atoms with van der Waals surface area (Å²) in [4.78, 5) is 14.1. The van der Waals surface area contributed by atoms with Gasteiger partial charge in [-0.1, -0.05) is 0 Å². The van der Waals surface area contributed by atoms with E-state index >= 15 is 0 Å². The van der Waals surface area contributed by atoms with Crippen LogP contribution >= 0.6 is 0 Å². The van der Waals surface area contributed by atoms with Gasteiger partial charge < -0.3 is 15.4 Å². The van der Waals surface area contributed by atoms with E-state index in [-0.39, 0.29) is 6.04 Å². The fraction of sp³-hybridized carbons (Fsp3) is 0.467. The number of benzene rings is 1. The van der Waals surface area contributed by atoms with Gasteiger partial charge in [-0.05, 0) is 39.0 Å². The van der Waals surface area contributed by atoms with Gasteiger partial charge in [0.25, 0.3) is 0 Å². The Morgan fingerprint density at radius 1 is 1.50 bits per heavy atom. The first-order valence-corrected chi connectivity index (χ1v) is 6.71. The van der Waals surface area contributed by atoms with E-state index in [0.29, 0.717) is 30.8 Å². The number of nitrogens with zero attached hydrogens (tertiary/aromatic N) is 2. The molecule has 0 bridgehead atoms. The zero-order valence-corrected chi connectivity index (χ0v) is 12.2. The highest BCUT2D eigenvalue weighted by atomic mass is 16.5. The molecule has 1 rings (SSSR count). The number of ether oxygens (including phenoxy) is 1. The lowest BCUT2D eigenvalue weighted by Gasteiger charge is -2.29. The summed E-state index contributed by atoms with van der Waals surface area (Å²) in [6, 6.07) is 7.47. The number of carbonyl (C=O) groups excluding carboxylic acids is 1. The van der Waals surface area contributed by atoms with Crippen molar-refractivity contribution in [3.8, 4) is 6.07 Å². The Kier molecular flexibility index (Phi) is 5.85. The highest BCUT2D eigenvalue weighted by Crippen LogP contribution is 2.26. The van der Waals surface area contributed by atoms with Crippen molar-refractivity contribution in [3.05, 3.63) is 23.8 Å². The summed E-state index contributed by atoms with van der Waals surface area (Å²) >= 11 is 0. The molecule has 0 aliphatic rings. The minimum atomic E-state index is -0.391. The Morgan fingerprint density at radius 2 is 2.20 bits per heavy atom. The number of rotatable bonds is 6. The summed E-state index contributed by atoms with van der Waals surface area (Å²) in [5, 5.41) is 8.76. The SMILES string of the molecule is CCOC(=O)c1cc(N)ccc1N(CCC#N)C(C)C. The van der Waals surface area contributed by atoms with Crippen LogP contribution in [-0.4, -0.2) is 25.2 Å². The number of esters is 1. The average molecular weight is 275 g/mol. The first kappa shape index (κ1) is 15.8. The van der Waals surface area contributed by atoms with Gasteiger partial charge in [0.05, 0.1) is 30.3 Å². The van der Waals surface area contributed by atoms with Crippen molar-refractivity contribution in [2.45, 2.75) is 33.2 Å². The fourth-order valence-corrected chi connectivity index (χ4v) is 2.00. The molecule has 0 aliphatic heterocycles. The molecular formula is C15H21N3O2. The number of anilines is 2. The molecule has 0 heterocycles. The summed E-state index contributed by atoms with van der Waals surface area (Å²) in [6.07, 6.45) is 0.394. The van der Waals surface area contributed by atoms with Crippen molar-refractivity contribution in [1.29, 1.82) is 5.26 Å². The molecule has 0 saturated heterocycles. The second-order valence-corrected chi connectivity index (χ2v) is 4.69. The van der Waals surface area contributed by atoms with Crippen LogP contribution in [0.4, 0.5) is 11.4 Å². The first-order chi connectivity index (χ1) is 9.51. The molecule has 0 radical (unpaired) electrons. The van der Waals surface area contributed by atoms with Gasteiger partial charge in [0.1, 0.15) is 0 Å². The standard InChI is InChI=1S/C15H21N3O2/c1-4-20-15(19)13-10-12(17)6-7-14(13)18(11(2)3)9-5-8-16/h6-7,10-11H,4-5,9,17H2,1-3H3. The highest BCUT2D eigenvalue weighted by Gasteiger charge is 2.19. The quantitative estimate of drug-likeness (QED) is 0.637. The molecular weight excluding hydrogens is 254 g/mol. The zero-order valence-electron chi connectivity index (χ0n) is 12.2. The minimum absolute atomic E-state index is 0.167. The highest BCUT2D eigenvalue weighted by molar-refractivity contribution is 5.97. The lowest BCUT2D eigenvalue weighted by molar-refractivity contribution is 0.0527. The Morgan fingerprint density at radius 3 is 2.75 bits per heavy atom. The molecule has 0 amide bonds. The molecule has 0 spiro atoms. The van der Waals surface area contributed by atoms with Crippen molar-refractivity contribution >= 4 is 17.3 Å². The predicted molar refractivity (Wildman–Crippen MR) is 79.5 cm³/mol. The Labute approximate surface area is 119 Å². The van der Waals surface area contributed by atoms with Crippen LogP contribution in [0.25, 0.3) is 0 Å². The van der Waals surface area contributed by atoms with Crippen molar-refractivity contribution in [2.24, 2.45) is 0 Å². The van der Waals surface area contributed by atoms with Crippen LogP contribution in [-0.2, 0) is 4.74 Å². The molecule has 0 atom stereocenters. The Hall–Kier alpha value is -2.22. The van der Waals surface area contributed by atoms with E-state index in [2.05, 4.69) is 6.07 Å². The molecule has 2 N–H and O–H groups in total. The normalized spacial score (nSPS) is 10.2. The van der Waals surface area contributed by atoms with Crippen LogP contribution in [0.5, 0.6) is 0 Å². The molecule has 0 aliphatic carbocycles. The van der Waals surface area contributed by atoms with Crippen LogP contribution < -0.4 is 10.6 Å². The van der Waals surface area contributed by atoms with Crippen LogP contribution in [0, 0.1) is 11.3 Å². The first-order valence-electron chi connectivity index (χ1n) is 6.71. The summed E-state index contributed by atoms with van der Waals surface area (Å²) in [5.74, 6) is -0.391. The summed E-state index contributed by atoms with van der Waals surface area (Å²) in [5.41, 5.74) is 7.47. The van der Waals surface area contributed by atoms with Crippen LogP contribution in [0.3, 0.4) is 0 Å². The lowest BCUT2D eigenvalue weighted by Crippen LogP contribution is -2.33. The molecule has 1 aromatic carbocycles. The van der Waals surface area contributed by atoms with E-state index in [1.54, 1.807) is 25.1 Å². The van der Waals surface area contributed by atoms with Gasteiger partial charge in [0, 0.05) is 18.3 Å². The number of hydrogen-bond donors (Lipinski definition) is 1. The second-order valence-electron chi connectivity index (χ2n) is 4.69. The molecule has 0 aromatic heterocycles. The second kappa shape index (κ2) is 7.39. The third-order valence-electron chi connectivity index (χ3n) is 2.91. The molecule has 0 fully saturated rings.